The number of hydrogen-bond donors (Lipinski definition) is 1. The molecular weight excluding hydrogens is 358 g/mol. The highest BCUT2D eigenvalue weighted by molar-refractivity contribution is 7.21. The molecule has 1 amide bonds. The van der Waals surface area contributed by atoms with Crippen LogP contribution in [0.5, 0.6) is 5.75 Å². The quantitative estimate of drug-likeness (QED) is 0.549. The first-order valence-electron chi connectivity index (χ1n) is 8.42. The van der Waals surface area contributed by atoms with Crippen molar-refractivity contribution in [1.29, 1.82) is 0 Å². The van der Waals surface area contributed by atoms with Crippen molar-refractivity contribution in [3.05, 3.63) is 71.9 Å². The number of carbonyl (C=O) groups is 1. The summed E-state index contributed by atoms with van der Waals surface area (Å²) in [5.41, 5.74) is 4.00. The Bertz CT molecular complexity index is 1090. The molecular formula is C21H17N3O2S. The van der Waals surface area contributed by atoms with Gasteiger partial charge >= 0.3 is 0 Å². The van der Waals surface area contributed by atoms with Crippen LogP contribution < -0.4 is 10.1 Å². The van der Waals surface area contributed by atoms with E-state index in [1.807, 2.05) is 55.5 Å². The normalized spacial score (nSPS) is 10.7. The first-order valence-corrected chi connectivity index (χ1v) is 9.24. The van der Waals surface area contributed by atoms with E-state index in [2.05, 4.69) is 15.3 Å². The summed E-state index contributed by atoms with van der Waals surface area (Å²) in [6.45, 7) is 1.96. The van der Waals surface area contributed by atoms with Crippen LogP contribution in [0.1, 0.15) is 15.9 Å². The van der Waals surface area contributed by atoms with E-state index in [-0.39, 0.29) is 5.91 Å². The van der Waals surface area contributed by atoms with Crippen LogP contribution in [0, 0.1) is 6.92 Å². The zero-order valence-corrected chi connectivity index (χ0v) is 15.7. The fourth-order valence-electron chi connectivity index (χ4n) is 2.77. The van der Waals surface area contributed by atoms with Crippen LogP contribution in [0.25, 0.3) is 20.9 Å². The lowest BCUT2D eigenvalue weighted by molar-refractivity contribution is 0.102. The van der Waals surface area contributed by atoms with Crippen molar-refractivity contribution in [2.75, 3.05) is 12.4 Å². The summed E-state index contributed by atoms with van der Waals surface area (Å²) < 4.78 is 6.37. The van der Waals surface area contributed by atoms with Gasteiger partial charge in [0.1, 0.15) is 10.8 Å². The molecule has 0 bridgehead atoms. The minimum atomic E-state index is -0.205. The second-order valence-electron chi connectivity index (χ2n) is 6.08. The van der Waals surface area contributed by atoms with E-state index >= 15 is 0 Å². The molecule has 0 saturated carbocycles. The molecule has 0 unspecified atom stereocenters. The van der Waals surface area contributed by atoms with Crippen LogP contribution in [0.2, 0.25) is 0 Å². The number of anilines is 1. The average molecular weight is 375 g/mol. The van der Waals surface area contributed by atoms with E-state index < -0.39 is 0 Å². The van der Waals surface area contributed by atoms with Crippen LogP contribution in [-0.4, -0.2) is 23.0 Å². The fraction of sp³-hybridized carbons (Fsp3) is 0.0952. The summed E-state index contributed by atoms with van der Waals surface area (Å²) in [6.07, 6.45) is 1.74. The first-order chi connectivity index (χ1) is 13.1. The number of fused-ring (bicyclic) bond motifs is 1. The van der Waals surface area contributed by atoms with E-state index in [1.54, 1.807) is 30.7 Å². The highest BCUT2D eigenvalue weighted by atomic mass is 32.1. The molecule has 0 aliphatic heterocycles. The topological polar surface area (TPSA) is 64.1 Å². The number of pyridine rings is 1. The van der Waals surface area contributed by atoms with Crippen molar-refractivity contribution in [2.24, 2.45) is 0 Å². The average Bonchev–Trinajstić information content (AvgIpc) is 3.12. The third kappa shape index (κ3) is 3.52. The van der Waals surface area contributed by atoms with Gasteiger partial charge in [-0.2, -0.15) is 0 Å². The molecule has 2 aromatic heterocycles. The number of aryl methyl sites for hydroxylation is 1. The van der Waals surface area contributed by atoms with Gasteiger partial charge in [0.25, 0.3) is 5.91 Å². The minimum Gasteiger partial charge on any atom is -0.496 e. The van der Waals surface area contributed by atoms with Gasteiger partial charge in [0.2, 0.25) is 0 Å². The van der Waals surface area contributed by atoms with Crippen LogP contribution in [0.4, 0.5) is 5.69 Å². The third-order valence-electron chi connectivity index (χ3n) is 4.16. The maximum atomic E-state index is 12.6. The minimum absolute atomic E-state index is 0.205. The van der Waals surface area contributed by atoms with Crippen molar-refractivity contribution in [1.82, 2.24) is 9.97 Å². The second-order valence-corrected chi connectivity index (χ2v) is 7.11. The molecule has 6 heteroatoms. The second kappa shape index (κ2) is 7.17. The predicted molar refractivity (Wildman–Crippen MR) is 109 cm³/mol. The molecule has 0 saturated heterocycles. The van der Waals surface area contributed by atoms with E-state index in [1.165, 1.54) is 0 Å². The van der Waals surface area contributed by atoms with E-state index in [0.717, 1.165) is 26.5 Å². The standard InChI is InChI=1S/C21H17N3O2S/c1-13-5-10-16(17(12-13)26-2)20(25)23-15-8-6-14(7-9-15)21-24-19-18(27-21)4-3-11-22-19/h3-12H,1-2H3,(H,23,25). The number of rotatable bonds is 4. The van der Waals surface area contributed by atoms with Gasteiger partial charge in [-0.15, -0.1) is 11.3 Å². The van der Waals surface area contributed by atoms with Crippen molar-refractivity contribution >= 4 is 33.3 Å². The Morgan fingerprint density at radius 3 is 2.67 bits per heavy atom. The van der Waals surface area contributed by atoms with Gasteiger partial charge in [0, 0.05) is 17.4 Å². The molecule has 5 nitrogen and oxygen atoms in total. The molecule has 0 aliphatic rings. The Labute approximate surface area is 160 Å². The molecule has 0 fully saturated rings. The summed E-state index contributed by atoms with van der Waals surface area (Å²) in [5.74, 6) is 0.356. The van der Waals surface area contributed by atoms with Gasteiger partial charge in [-0.1, -0.05) is 6.07 Å². The maximum Gasteiger partial charge on any atom is 0.259 e. The van der Waals surface area contributed by atoms with Crippen molar-refractivity contribution in [2.45, 2.75) is 6.92 Å². The lowest BCUT2D eigenvalue weighted by Crippen LogP contribution is -2.13. The van der Waals surface area contributed by atoms with Gasteiger partial charge in [0.05, 0.1) is 17.4 Å². The largest absolute Gasteiger partial charge is 0.496 e. The maximum absolute atomic E-state index is 12.6. The van der Waals surface area contributed by atoms with Crippen LogP contribution in [0.3, 0.4) is 0 Å². The molecule has 134 valence electrons. The SMILES string of the molecule is COc1cc(C)ccc1C(=O)Nc1ccc(-c2nc3ncccc3s2)cc1. The monoisotopic (exact) mass is 375 g/mol. The van der Waals surface area contributed by atoms with Gasteiger partial charge in [-0.25, -0.2) is 9.97 Å². The summed E-state index contributed by atoms with van der Waals surface area (Å²) in [4.78, 5) is 21.4. The number of nitrogens with one attached hydrogen (secondary N) is 1. The molecule has 2 aromatic carbocycles. The lowest BCUT2D eigenvalue weighted by atomic mass is 10.1. The summed E-state index contributed by atoms with van der Waals surface area (Å²) in [6, 6.07) is 17.0. The Kier molecular flexibility index (Phi) is 4.56. The molecule has 0 spiro atoms. The number of aromatic nitrogens is 2. The zero-order valence-electron chi connectivity index (χ0n) is 14.9. The Balaban J connectivity index is 1.55. The molecule has 0 radical (unpaired) electrons. The van der Waals surface area contributed by atoms with Gasteiger partial charge < -0.3 is 10.1 Å². The van der Waals surface area contributed by atoms with Crippen molar-refractivity contribution < 1.29 is 9.53 Å². The van der Waals surface area contributed by atoms with Crippen LogP contribution in [-0.2, 0) is 0 Å². The Morgan fingerprint density at radius 2 is 1.93 bits per heavy atom. The smallest absolute Gasteiger partial charge is 0.259 e. The lowest BCUT2D eigenvalue weighted by Gasteiger charge is -2.10. The molecule has 0 aliphatic carbocycles. The molecule has 0 atom stereocenters. The van der Waals surface area contributed by atoms with Crippen LogP contribution >= 0.6 is 11.3 Å². The van der Waals surface area contributed by atoms with Crippen molar-refractivity contribution in [3.8, 4) is 16.3 Å². The molecule has 4 rings (SSSR count). The number of nitrogens with zero attached hydrogens (tertiary/aromatic N) is 2. The van der Waals surface area contributed by atoms with Crippen molar-refractivity contribution in [3.63, 3.8) is 0 Å². The molecule has 1 N–H and O–H groups in total. The van der Waals surface area contributed by atoms with E-state index in [0.29, 0.717) is 17.0 Å². The molecule has 4 aromatic rings. The third-order valence-corrected chi connectivity index (χ3v) is 5.22. The van der Waals surface area contributed by atoms with E-state index in [4.69, 9.17) is 4.74 Å². The molecule has 2 heterocycles. The first kappa shape index (κ1) is 17.2. The highest BCUT2D eigenvalue weighted by Crippen LogP contribution is 2.30. The number of benzene rings is 2. The highest BCUT2D eigenvalue weighted by Gasteiger charge is 2.13. The number of methoxy groups -OCH3 is 1. The zero-order chi connectivity index (χ0) is 18.8. The number of thiazole rings is 1. The number of ether oxygens (including phenoxy) is 1. The number of carbonyl (C=O) groups excluding carboxylic acids is 1. The summed E-state index contributed by atoms with van der Waals surface area (Å²) >= 11 is 1.60. The predicted octanol–water partition coefficient (Wildman–Crippen LogP) is 4.93. The number of amides is 1. The van der Waals surface area contributed by atoms with Gasteiger partial charge in [0.15, 0.2) is 5.65 Å². The van der Waals surface area contributed by atoms with E-state index in [9.17, 15) is 4.79 Å². The molecule has 27 heavy (non-hydrogen) atoms. The van der Waals surface area contributed by atoms with Gasteiger partial charge in [-0.3, -0.25) is 4.79 Å². The van der Waals surface area contributed by atoms with Crippen LogP contribution in [0.15, 0.2) is 60.8 Å². The summed E-state index contributed by atoms with van der Waals surface area (Å²) in [5, 5.41) is 3.81. The Morgan fingerprint density at radius 1 is 1.11 bits per heavy atom. The fourth-order valence-corrected chi connectivity index (χ4v) is 3.70. The van der Waals surface area contributed by atoms with Gasteiger partial charge in [-0.05, 0) is 61.0 Å². The summed E-state index contributed by atoms with van der Waals surface area (Å²) in [7, 11) is 1.56. The number of hydrogen-bond acceptors (Lipinski definition) is 5. The Hall–Kier alpha value is -3.25.